The van der Waals surface area contributed by atoms with Crippen molar-refractivity contribution in [2.75, 3.05) is 5.32 Å². The van der Waals surface area contributed by atoms with Gasteiger partial charge in [0.2, 0.25) is 0 Å². The lowest BCUT2D eigenvalue weighted by atomic mass is 10.0. The van der Waals surface area contributed by atoms with Gasteiger partial charge in [-0.05, 0) is 44.5 Å². The van der Waals surface area contributed by atoms with E-state index in [2.05, 4.69) is 40.6 Å². The lowest BCUT2D eigenvalue weighted by Gasteiger charge is -2.14. The van der Waals surface area contributed by atoms with Gasteiger partial charge in [-0.15, -0.1) is 0 Å². The molecule has 0 fully saturated rings. The Morgan fingerprint density at radius 2 is 1.56 bits per heavy atom. The largest absolute Gasteiger partial charge is 0.339 e. The average Bonchev–Trinajstić information content (AvgIpc) is 3.13. The molecule has 0 atom stereocenters. The first-order chi connectivity index (χ1) is 15.6. The van der Waals surface area contributed by atoms with Crippen molar-refractivity contribution in [2.45, 2.75) is 27.2 Å². The Balaban J connectivity index is 1.53. The molecule has 5 rings (SSSR count). The summed E-state index contributed by atoms with van der Waals surface area (Å²) in [6.45, 7) is 5.96. The topological polar surface area (TPSA) is 68.5 Å². The highest BCUT2D eigenvalue weighted by Gasteiger charge is 2.14. The molecule has 3 aromatic heterocycles. The van der Waals surface area contributed by atoms with Gasteiger partial charge in [0.05, 0.1) is 23.3 Å². The van der Waals surface area contributed by atoms with E-state index in [1.807, 2.05) is 68.0 Å². The van der Waals surface area contributed by atoms with Crippen LogP contribution in [0.15, 0.2) is 72.9 Å². The average molecular weight is 421 g/mol. The van der Waals surface area contributed by atoms with Crippen LogP contribution in [0.5, 0.6) is 0 Å². The molecule has 6 heteroatoms. The van der Waals surface area contributed by atoms with E-state index in [1.54, 1.807) is 0 Å². The minimum atomic E-state index is 0.740. The van der Waals surface area contributed by atoms with Gasteiger partial charge in [-0.3, -0.25) is 0 Å². The molecule has 0 radical (unpaired) electrons. The third-order valence-corrected chi connectivity index (χ3v) is 5.52. The third-order valence-electron chi connectivity index (χ3n) is 5.52. The number of aromatic nitrogens is 5. The second-order valence-electron chi connectivity index (χ2n) is 7.90. The van der Waals surface area contributed by atoms with E-state index in [1.165, 1.54) is 5.56 Å². The number of nitrogens with one attached hydrogen (secondary N) is 1. The summed E-state index contributed by atoms with van der Waals surface area (Å²) in [5.74, 6) is 1.55. The zero-order valence-corrected chi connectivity index (χ0v) is 18.4. The number of benzene rings is 2. The smallest absolute Gasteiger partial charge is 0.163 e. The molecular weight excluding hydrogens is 396 g/mol. The minimum Gasteiger partial charge on any atom is -0.339 e. The van der Waals surface area contributed by atoms with Gasteiger partial charge < -0.3 is 5.32 Å². The third kappa shape index (κ3) is 3.83. The van der Waals surface area contributed by atoms with Crippen molar-refractivity contribution in [3.8, 4) is 5.69 Å². The summed E-state index contributed by atoms with van der Waals surface area (Å²) in [4.78, 5) is 14.0. The minimum absolute atomic E-state index is 0.740. The summed E-state index contributed by atoms with van der Waals surface area (Å²) in [6, 6.07) is 22.5. The van der Waals surface area contributed by atoms with Crippen LogP contribution in [0.1, 0.15) is 28.3 Å². The van der Waals surface area contributed by atoms with E-state index < -0.39 is 0 Å². The molecule has 2 aromatic carbocycles. The van der Waals surface area contributed by atoms with Crippen LogP contribution in [0.4, 0.5) is 11.5 Å². The van der Waals surface area contributed by atoms with Crippen LogP contribution in [-0.2, 0) is 6.42 Å². The van der Waals surface area contributed by atoms with Gasteiger partial charge in [0.15, 0.2) is 5.65 Å². The Labute approximate surface area is 187 Å². The van der Waals surface area contributed by atoms with Crippen LogP contribution >= 0.6 is 0 Å². The second kappa shape index (κ2) is 8.23. The van der Waals surface area contributed by atoms with E-state index in [0.29, 0.717) is 0 Å². The highest BCUT2D eigenvalue weighted by Crippen LogP contribution is 2.27. The fourth-order valence-electron chi connectivity index (χ4n) is 3.95. The second-order valence-corrected chi connectivity index (χ2v) is 7.90. The first-order valence-electron chi connectivity index (χ1n) is 10.6. The van der Waals surface area contributed by atoms with Crippen LogP contribution in [-0.4, -0.2) is 24.7 Å². The van der Waals surface area contributed by atoms with Gasteiger partial charge in [0.25, 0.3) is 0 Å². The summed E-state index contributed by atoms with van der Waals surface area (Å²) < 4.78 is 1.88. The molecule has 1 N–H and O–H groups in total. The Kier molecular flexibility index (Phi) is 5.11. The molecule has 0 saturated carbocycles. The van der Waals surface area contributed by atoms with Crippen molar-refractivity contribution in [3.63, 3.8) is 0 Å². The fraction of sp³-hybridized carbons (Fsp3) is 0.154. The molecule has 0 aliphatic carbocycles. The molecule has 6 nitrogen and oxygen atoms in total. The molecule has 0 amide bonds. The standard InChI is InChI=1S/C26H24N6/c1-17-23(14-20-10-6-4-7-11-20)25(29-19(3)28-17)30-21-15-24-18(2)31-32(26(24)27-16-21)22-12-8-5-9-13-22/h4-13,15-16H,14H2,1-3H3,(H,28,29,30). The van der Waals surface area contributed by atoms with Crippen LogP contribution in [0, 0.1) is 20.8 Å². The number of pyridine rings is 1. The number of para-hydroxylation sites is 1. The van der Waals surface area contributed by atoms with Gasteiger partial charge in [0.1, 0.15) is 11.6 Å². The Morgan fingerprint density at radius 3 is 2.31 bits per heavy atom. The first kappa shape index (κ1) is 19.9. The molecule has 0 spiro atoms. The van der Waals surface area contributed by atoms with Gasteiger partial charge in [-0.25, -0.2) is 19.6 Å². The summed E-state index contributed by atoms with van der Waals surface area (Å²) in [5, 5.41) is 9.21. The van der Waals surface area contributed by atoms with E-state index in [0.717, 1.165) is 57.4 Å². The maximum Gasteiger partial charge on any atom is 0.163 e. The number of anilines is 2. The molecule has 0 aliphatic rings. The number of aryl methyl sites for hydroxylation is 3. The SMILES string of the molecule is Cc1nc(C)c(Cc2ccccc2)c(Nc2cnc3c(c2)c(C)nn3-c2ccccc2)n1. The quantitative estimate of drug-likeness (QED) is 0.408. The Hall–Kier alpha value is -4.06. The lowest BCUT2D eigenvalue weighted by molar-refractivity contribution is 0.878. The van der Waals surface area contributed by atoms with E-state index in [4.69, 9.17) is 15.1 Å². The Morgan fingerprint density at radius 1 is 0.844 bits per heavy atom. The number of fused-ring (bicyclic) bond motifs is 1. The summed E-state index contributed by atoms with van der Waals surface area (Å²) in [7, 11) is 0. The van der Waals surface area contributed by atoms with E-state index in [9.17, 15) is 0 Å². The molecule has 158 valence electrons. The molecule has 0 bridgehead atoms. The highest BCUT2D eigenvalue weighted by molar-refractivity contribution is 5.83. The van der Waals surface area contributed by atoms with Crippen LogP contribution in [0.25, 0.3) is 16.7 Å². The maximum atomic E-state index is 4.73. The van der Waals surface area contributed by atoms with Crippen LogP contribution < -0.4 is 5.32 Å². The number of nitrogens with zero attached hydrogens (tertiary/aromatic N) is 5. The van der Waals surface area contributed by atoms with Gasteiger partial charge >= 0.3 is 0 Å². The molecule has 5 aromatic rings. The number of rotatable bonds is 5. The van der Waals surface area contributed by atoms with Crippen molar-refractivity contribution >= 4 is 22.5 Å². The van der Waals surface area contributed by atoms with Crippen molar-refractivity contribution in [2.24, 2.45) is 0 Å². The van der Waals surface area contributed by atoms with Gasteiger partial charge in [0, 0.05) is 23.1 Å². The fourth-order valence-corrected chi connectivity index (χ4v) is 3.95. The zero-order valence-electron chi connectivity index (χ0n) is 18.4. The van der Waals surface area contributed by atoms with Crippen molar-refractivity contribution in [1.82, 2.24) is 24.7 Å². The molecular formula is C26H24N6. The Bertz CT molecular complexity index is 1390. The van der Waals surface area contributed by atoms with Crippen molar-refractivity contribution in [3.05, 3.63) is 101 Å². The van der Waals surface area contributed by atoms with Crippen molar-refractivity contribution < 1.29 is 0 Å². The zero-order chi connectivity index (χ0) is 22.1. The normalized spacial score (nSPS) is 11.1. The predicted octanol–water partition coefficient (Wildman–Crippen LogP) is 5.47. The molecule has 3 heterocycles. The van der Waals surface area contributed by atoms with E-state index in [-0.39, 0.29) is 0 Å². The molecule has 0 saturated heterocycles. The monoisotopic (exact) mass is 420 g/mol. The summed E-state index contributed by atoms with van der Waals surface area (Å²) >= 11 is 0. The van der Waals surface area contributed by atoms with Crippen LogP contribution in [0.2, 0.25) is 0 Å². The number of hydrogen-bond donors (Lipinski definition) is 1. The lowest BCUT2D eigenvalue weighted by Crippen LogP contribution is -2.07. The first-order valence-corrected chi connectivity index (χ1v) is 10.6. The predicted molar refractivity (Wildman–Crippen MR) is 128 cm³/mol. The highest BCUT2D eigenvalue weighted by atomic mass is 15.3. The molecule has 32 heavy (non-hydrogen) atoms. The summed E-state index contributed by atoms with van der Waals surface area (Å²) in [5.41, 5.74) is 6.91. The van der Waals surface area contributed by atoms with Gasteiger partial charge in [-0.1, -0.05) is 48.5 Å². The molecule has 0 unspecified atom stereocenters. The number of hydrogen-bond acceptors (Lipinski definition) is 5. The maximum absolute atomic E-state index is 4.73. The van der Waals surface area contributed by atoms with Crippen LogP contribution in [0.3, 0.4) is 0 Å². The summed E-state index contributed by atoms with van der Waals surface area (Å²) in [6.07, 6.45) is 2.60. The molecule has 0 aliphatic heterocycles. The van der Waals surface area contributed by atoms with E-state index >= 15 is 0 Å². The van der Waals surface area contributed by atoms with Crippen molar-refractivity contribution in [1.29, 1.82) is 0 Å². The van der Waals surface area contributed by atoms with Gasteiger partial charge in [-0.2, -0.15) is 5.10 Å².